The van der Waals surface area contributed by atoms with Crippen LogP contribution >= 0.6 is 0 Å². The lowest BCUT2D eigenvalue weighted by atomic mass is 10.0. The first-order chi connectivity index (χ1) is 15.0. The molecule has 0 saturated heterocycles. The fourth-order valence-electron chi connectivity index (χ4n) is 2.95. The molecule has 8 nitrogen and oxygen atoms in total. The van der Waals surface area contributed by atoms with Gasteiger partial charge < -0.3 is 24.5 Å². The molecule has 0 aromatic heterocycles. The number of hydrogen-bond donors (Lipinski definition) is 1. The van der Waals surface area contributed by atoms with Gasteiger partial charge in [0.25, 0.3) is 11.8 Å². The van der Waals surface area contributed by atoms with Gasteiger partial charge in [0.15, 0.2) is 5.71 Å². The molecule has 1 amide bonds. The molecule has 0 radical (unpaired) electrons. The minimum Gasteiger partial charge on any atom is -0.489 e. The van der Waals surface area contributed by atoms with Gasteiger partial charge >= 0.3 is 0 Å². The molecule has 0 spiro atoms. The highest BCUT2D eigenvalue weighted by molar-refractivity contribution is 6.45. The van der Waals surface area contributed by atoms with Crippen molar-refractivity contribution in [2.24, 2.45) is 10.3 Å². The molecule has 2 aromatic carbocycles. The van der Waals surface area contributed by atoms with E-state index in [0.29, 0.717) is 23.8 Å². The Balaban J connectivity index is 2.31. The van der Waals surface area contributed by atoms with E-state index in [4.69, 9.17) is 19.1 Å². The topological polar surface area (TPSA) is 90.7 Å². The van der Waals surface area contributed by atoms with Gasteiger partial charge in [-0.3, -0.25) is 4.79 Å². The van der Waals surface area contributed by atoms with Crippen molar-refractivity contribution < 1.29 is 23.9 Å². The maximum absolute atomic E-state index is 12.2. The van der Waals surface area contributed by atoms with Gasteiger partial charge in [0, 0.05) is 18.2 Å². The molecular formula is C23H29N3O5. The number of hydrogen-bond acceptors (Lipinski definition) is 7. The zero-order chi connectivity index (χ0) is 22.8. The summed E-state index contributed by atoms with van der Waals surface area (Å²) in [5, 5.41) is 10.5. The molecule has 0 bridgehead atoms. The number of methoxy groups -OCH3 is 1. The van der Waals surface area contributed by atoms with E-state index < -0.39 is 0 Å². The van der Waals surface area contributed by atoms with Gasteiger partial charge in [-0.25, -0.2) is 0 Å². The van der Waals surface area contributed by atoms with Crippen molar-refractivity contribution in [3.8, 4) is 5.75 Å². The van der Waals surface area contributed by atoms with Crippen LogP contribution in [0.4, 0.5) is 0 Å². The zero-order valence-electron chi connectivity index (χ0n) is 18.8. The molecule has 0 atom stereocenters. The smallest absolute Gasteiger partial charge is 0.273 e. The molecule has 1 N–H and O–H groups in total. The third kappa shape index (κ3) is 5.97. The van der Waals surface area contributed by atoms with E-state index in [1.807, 2.05) is 57.2 Å². The second-order valence-electron chi connectivity index (χ2n) is 6.60. The monoisotopic (exact) mass is 427 g/mol. The van der Waals surface area contributed by atoms with Crippen LogP contribution < -0.4 is 10.1 Å². The maximum atomic E-state index is 12.2. The molecule has 8 heteroatoms. The quantitative estimate of drug-likeness (QED) is 0.377. The predicted molar refractivity (Wildman–Crippen MR) is 119 cm³/mol. The van der Waals surface area contributed by atoms with Crippen molar-refractivity contribution >= 4 is 17.5 Å². The molecular weight excluding hydrogens is 398 g/mol. The Hall–Kier alpha value is -3.55. The third-order valence-electron chi connectivity index (χ3n) is 4.50. The highest BCUT2D eigenvalue weighted by Crippen LogP contribution is 2.25. The number of carbonyl (C=O) groups excluding carboxylic acids is 1. The Morgan fingerprint density at radius 2 is 1.77 bits per heavy atom. The normalized spacial score (nSPS) is 11.7. The Morgan fingerprint density at radius 3 is 2.42 bits per heavy atom. The fraction of sp³-hybridized carbons (Fsp3) is 0.348. The van der Waals surface area contributed by atoms with Crippen molar-refractivity contribution in [1.82, 2.24) is 5.32 Å². The second-order valence-corrected chi connectivity index (χ2v) is 6.60. The standard InChI is InChI=1S/C23H29N3O5/c1-7-31-26-23(28-5)19-12-16(3)20(13-15(19)2)30-14-17-10-8-9-11-18(17)21(25-29-6)22(27)24-4/h8-13H,7,14H2,1-6H3,(H,24,27)/b25-21+,26-23?. The van der Waals surface area contributed by atoms with Crippen molar-refractivity contribution in [1.29, 1.82) is 0 Å². The first-order valence-corrected chi connectivity index (χ1v) is 9.86. The van der Waals surface area contributed by atoms with Gasteiger partial charge in [-0.2, -0.15) is 0 Å². The third-order valence-corrected chi connectivity index (χ3v) is 4.50. The molecule has 0 saturated carbocycles. The average molecular weight is 428 g/mol. The van der Waals surface area contributed by atoms with Gasteiger partial charge in [0.2, 0.25) is 0 Å². The first-order valence-electron chi connectivity index (χ1n) is 9.86. The number of ether oxygens (including phenoxy) is 2. The molecule has 0 aliphatic carbocycles. The molecule has 2 aromatic rings. The number of oxime groups is 2. The summed E-state index contributed by atoms with van der Waals surface area (Å²) in [5.41, 5.74) is 4.30. The fourth-order valence-corrected chi connectivity index (χ4v) is 2.95. The van der Waals surface area contributed by atoms with Crippen molar-refractivity contribution in [2.45, 2.75) is 27.4 Å². The largest absolute Gasteiger partial charge is 0.489 e. The predicted octanol–water partition coefficient (Wildman–Crippen LogP) is 3.32. The van der Waals surface area contributed by atoms with Crippen LogP contribution in [0.1, 0.15) is 34.7 Å². The van der Waals surface area contributed by atoms with Crippen molar-refractivity contribution in [2.75, 3.05) is 27.9 Å². The van der Waals surface area contributed by atoms with E-state index in [-0.39, 0.29) is 18.2 Å². The lowest BCUT2D eigenvalue weighted by Crippen LogP contribution is -2.29. The summed E-state index contributed by atoms with van der Waals surface area (Å²) < 4.78 is 11.5. The van der Waals surface area contributed by atoms with E-state index in [0.717, 1.165) is 22.3 Å². The summed E-state index contributed by atoms with van der Waals surface area (Å²) in [5.74, 6) is 0.782. The zero-order valence-corrected chi connectivity index (χ0v) is 18.8. The van der Waals surface area contributed by atoms with Crippen molar-refractivity contribution in [3.05, 3.63) is 64.2 Å². The van der Waals surface area contributed by atoms with Crippen LogP contribution in [-0.2, 0) is 25.8 Å². The molecule has 166 valence electrons. The first kappa shape index (κ1) is 23.7. The summed E-state index contributed by atoms with van der Waals surface area (Å²) in [4.78, 5) is 22.2. The minimum atomic E-state index is -0.341. The van der Waals surface area contributed by atoms with Crippen LogP contribution in [0.15, 0.2) is 46.7 Å². The van der Waals surface area contributed by atoms with Gasteiger partial charge in [-0.05, 0) is 54.8 Å². The Morgan fingerprint density at radius 1 is 1.03 bits per heavy atom. The highest BCUT2D eigenvalue weighted by Gasteiger charge is 2.18. The molecule has 0 unspecified atom stereocenters. The Labute approximate surface area is 182 Å². The van der Waals surface area contributed by atoms with Gasteiger partial charge in [0.1, 0.15) is 26.1 Å². The molecule has 2 rings (SSSR count). The van der Waals surface area contributed by atoms with Crippen LogP contribution in [-0.4, -0.2) is 45.4 Å². The Bertz CT molecular complexity index is 970. The maximum Gasteiger partial charge on any atom is 0.273 e. The lowest BCUT2D eigenvalue weighted by Gasteiger charge is -2.16. The number of nitrogens with zero attached hydrogens (tertiary/aromatic N) is 2. The summed E-state index contributed by atoms with van der Waals surface area (Å²) >= 11 is 0. The number of rotatable bonds is 9. The Kier molecular flexibility index (Phi) is 8.87. The van der Waals surface area contributed by atoms with Crippen LogP contribution in [0.3, 0.4) is 0 Å². The molecule has 0 aliphatic heterocycles. The number of carbonyl (C=O) groups is 1. The van der Waals surface area contributed by atoms with E-state index in [2.05, 4.69) is 15.6 Å². The summed E-state index contributed by atoms with van der Waals surface area (Å²) in [6, 6.07) is 11.3. The van der Waals surface area contributed by atoms with Crippen LogP contribution in [0.25, 0.3) is 0 Å². The van der Waals surface area contributed by atoms with Gasteiger partial charge in [-0.1, -0.05) is 29.4 Å². The number of aryl methyl sites for hydroxylation is 2. The molecule has 0 fully saturated rings. The lowest BCUT2D eigenvalue weighted by molar-refractivity contribution is -0.114. The SMILES string of the molecule is CCON=C(OC)c1cc(C)c(OCc2ccccc2/C(=N\OC)C(=O)NC)cc1C. The molecule has 31 heavy (non-hydrogen) atoms. The van der Waals surface area contributed by atoms with Crippen LogP contribution in [0.2, 0.25) is 0 Å². The summed E-state index contributed by atoms with van der Waals surface area (Å²) in [7, 11) is 4.50. The number of benzene rings is 2. The summed E-state index contributed by atoms with van der Waals surface area (Å²) in [6.07, 6.45) is 0. The highest BCUT2D eigenvalue weighted by atomic mass is 16.6. The van der Waals surface area contributed by atoms with Crippen LogP contribution in [0, 0.1) is 13.8 Å². The van der Waals surface area contributed by atoms with E-state index in [9.17, 15) is 4.79 Å². The van der Waals surface area contributed by atoms with E-state index >= 15 is 0 Å². The number of likely N-dealkylation sites (N-methyl/N-ethyl adjacent to an activating group) is 1. The second kappa shape index (κ2) is 11.6. The molecule has 0 aliphatic rings. The number of nitrogens with one attached hydrogen (secondary N) is 1. The summed E-state index contributed by atoms with van der Waals surface area (Å²) in [6.45, 7) is 6.46. The van der Waals surface area contributed by atoms with E-state index in [1.54, 1.807) is 14.2 Å². The number of amides is 1. The van der Waals surface area contributed by atoms with Gasteiger partial charge in [0.05, 0.1) is 7.11 Å². The average Bonchev–Trinajstić information content (AvgIpc) is 2.78. The van der Waals surface area contributed by atoms with Gasteiger partial charge in [-0.15, -0.1) is 0 Å². The molecule has 0 heterocycles. The van der Waals surface area contributed by atoms with Crippen molar-refractivity contribution in [3.63, 3.8) is 0 Å². The van der Waals surface area contributed by atoms with Crippen LogP contribution in [0.5, 0.6) is 5.75 Å². The van der Waals surface area contributed by atoms with E-state index in [1.165, 1.54) is 7.11 Å². The minimum absolute atomic E-state index is 0.185.